The zero-order valence-corrected chi connectivity index (χ0v) is 20.5. The number of H-pyrrole nitrogens is 1. The maximum atomic E-state index is 6.47. The number of aromatic amines is 1. The molecule has 2 aromatic heterocycles. The van der Waals surface area contributed by atoms with Crippen molar-refractivity contribution in [3.05, 3.63) is 119 Å². The van der Waals surface area contributed by atoms with Crippen LogP contribution in [0.1, 0.15) is 5.56 Å². The molecular weight excluding hydrogens is 473 g/mol. The van der Waals surface area contributed by atoms with E-state index in [0.29, 0.717) is 10.0 Å². The van der Waals surface area contributed by atoms with Gasteiger partial charge in [-0.3, -0.25) is 0 Å². The highest BCUT2D eigenvalue weighted by Gasteiger charge is 2.22. The van der Waals surface area contributed by atoms with Gasteiger partial charge < -0.3 is 9.55 Å². The maximum absolute atomic E-state index is 6.47. The van der Waals surface area contributed by atoms with E-state index < -0.39 is 0 Å². The van der Waals surface area contributed by atoms with Crippen LogP contribution >= 0.6 is 23.2 Å². The first-order valence-corrected chi connectivity index (χ1v) is 12.1. The first-order chi connectivity index (χ1) is 17.1. The number of aromatic nitrogens is 3. The molecule has 0 spiro atoms. The molecule has 0 saturated heterocycles. The molecule has 0 aliphatic carbocycles. The number of nitrogens with one attached hydrogen (secondary N) is 1. The summed E-state index contributed by atoms with van der Waals surface area (Å²) in [6.45, 7) is 2.09. The number of nitrogens with zero attached hydrogens (tertiary/aromatic N) is 2. The lowest BCUT2D eigenvalue weighted by molar-refractivity contribution is 1.07. The van der Waals surface area contributed by atoms with Gasteiger partial charge >= 0.3 is 0 Å². The molecule has 0 aliphatic rings. The van der Waals surface area contributed by atoms with Gasteiger partial charge in [0.25, 0.3) is 0 Å². The van der Waals surface area contributed by atoms with Gasteiger partial charge in [-0.05, 0) is 67.1 Å². The van der Waals surface area contributed by atoms with Crippen molar-refractivity contribution in [3.63, 3.8) is 0 Å². The smallest absolute Gasteiger partial charge is 0.155 e. The molecule has 0 bridgehead atoms. The highest BCUT2D eigenvalue weighted by Crippen LogP contribution is 2.41. The predicted octanol–water partition coefficient (Wildman–Crippen LogP) is 8.97. The monoisotopic (exact) mass is 493 g/mol. The van der Waals surface area contributed by atoms with E-state index in [1.165, 1.54) is 5.56 Å². The first kappa shape index (κ1) is 21.7. The van der Waals surface area contributed by atoms with Gasteiger partial charge in [-0.2, -0.15) is 0 Å². The number of rotatable bonds is 4. The van der Waals surface area contributed by atoms with Crippen molar-refractivity contribution in [1.29, 1.82) is 0 Å². The number of imidazole rings is 1. The van der Waals surface area contributed by atoms with Crippen LogP contribution in [0.4, 0.5) is 0 Å². The lowest BCUT2D eigenvalue weighted by Gasteiger charge is -2.15. The highest BCUT2D eigenvalue weighted by molar-refractivity contribution is 6.31. The number of hydrogen-bond acceptors (Lipinski definition) is 1. The molecule has 0 radical (unpaired) electrons. The largest absolute Gasteiger partial charge is 0.337 e. The molecule has 0 saturated carbocycles. The summed E-state index contributed by atoms with van der Waals surface area (Å²) in [5.41, 5.74) is 9.32. The molecule has 170 valence electrons. The molecule has 0 aliphatic heterocycles. The van der Waals surface area contributed by atoms with E-state index in [-0.39, 0.29) is 0 Å². The second-order valence-corrected chi connectivity index (χ2v) is 9.46. The van der Waals surface area contributed by atoms with Crippen molar-refractivity contribution in [2.45, 2.75) is 6.92 Å². The van der Waals surface area contributed by atoms with Crippen molar-refractivity contribution in [1.82, 2.24) is 14.5 Å². The number of halogens is 2. The summed E-state index contributed by atoms with van der Waals surface area (Å²) in [6, 6.07) is 34.7. The standard InChI is InChI=1S/C30H21Cl2N3/c1-19-9-15-24(16-10-19)35-28(30-33-26-7-2-3-8-27(26)34-30)18-25(20-11-13-22(31)14-12-20)29(35)21-5-4-6-23(32)17-21/h2-18H,1H3,(H,33,34). The molecule has 6 rings (SSSR count). The summed E-state index contributed by atoms with van der Waals surface area (Å²) >= 11 is 12.7. The number of aryl methyl sites for hydroxylation is 1. The van der Waals surface area contributed by atoms with Crippen LogP contribution in [0.25, 0.3) is 50.6 Å². The summed E-state index contributed by atoms with van der Waals surface area (Å²) in [5, 5.41) is 1.39. The van der Waals surface area contributed by atoms with Crippen LogP contribution < -0.4 is 0 Å². The molecule has 2 heterocycles. The van der Waals surface area contributed by atoms with Crippen LogP contribution in [0, 0.1) is 6.92 Å². The average molecular weight is 494 g/mol. The first-order valence-electron chi connectivity index (χ1n) is 11.4. The number of benzene rings is 4. The van der Waals surface area contributed by atoms with Crippen LogP contribution in [-0.2, 0) is 0 Å². The molecule has 0 amide bonds. The molecule has 4 aromatic carbocycles. The Bertz CT molecular complexity index is 1630. The third-order valence-corrected chi connectivity index (χ3v) is 6.67. The topological polar surface area (TPSA) is 33.6 Å². The SMILES string of the molecule is Cc1ccc(-n2c(-c3nc4ccccc4[nH]3)cc(-c3ccc(Cl)cc3)c2-c2cccc(Cl)c2)cc1. The number of para-hydroxylation sites is 2. The minimum absolute atomic E-state index is 0.687. The Kier molecular flexibility index (Phi) is 5.44. The molecule has 3 nitrogen and oxygen atoms in total. The van der Waals surface area contributed by atoms with Crippen molar-refractivity contribution in [2.24, 2.45) is 0 Å². The van der Waals surface area contributed by atoms with Gasteiger partial charge in [0.05, 0.1) is 22.4 Å². The van der Waals surface area contributed by atoms with Crippen molar-refractivity contribution in [3.8, 4) is 39.6 Å². The fraction of sp³-hybridized carbons (Fsp3) is 0.0333. The lowest BCUT2D eigenvalue weighted by Crippen LogP contribution is -2.01. The van der Waals surface area contributed by atoms with E-state index in [1.54, 1.807) is 0 Å². The zero-order valence-electron chi connectivity index (χ0n) is 19.0. The van der Waals surface area contributed by atoms with Crippen molar-refractivity contribution < 1.29 is 0 Å². The summed E-state index contributed by atoms with van der Waals surface area (Å²) in [5.74, 6) is 0.801. The van der Waals surface area contributed by atoms with Gasteiger partial charge in [-0.1, -0.05) is 77.3 Å². The molecule has 35 heavy (non-hydrogen) atoms. The van der Waals surface area contributed by atoms with Crippen LogP contribution in [0.2, 0.25) is 10.0 Å². The summed E-state index contributed by atoms with van der Waals surface area (Å²) < 4.78 is 2.26. The molecular formula is C30H21Cl2N3. The Balaban J connectivity index is 1.71. The second kappa shape index (κ2) is 8.77. The molecule has 5 heteroatoms. The fourth-order valence-corrected chi connectivity index (χ4v) is 4.81. The van der Waals surface area contributed by atoms with Crippen LogP contribution in [0.3, 0.4) is 0 Å². The van der Waals surface area contributed by atoms with Gasteiger partial charge in [0, 0.05) is 26.9 Å². The Morgan fingerprint density at radius 3 is 2.23 bits per heavy atom. The minimum Gasteiger partial charge on any atom is -0.337 e. The van der Waals surface area contributed by atoms with E-state index in [4.69, 9.17) is 28.2 Å². The van der Waals surface area contributed by atoms with Crippen LogP contribution in [0.5, 0.6) is 0 Å². The highest BCUT2D eigenvalue weighted by atomic mass is 35.5. The third kappa shape index (κ3) is 4.03. The fourth-order valence-electron chi connectivity index (χ4n) is 4.49. The van der Waals surface area contributed by atoms with Gasteiger partial charge in [0.1, 0.15) is 0 Å². The molecule has 0 unspecified atom stereocenters. The van der Waals surface area contributed by atoms with Gasteiger partial charge in [0.2, 0.25) is 0 Å². The second-order valence-electron chi connectivity index (χ2n) is 8.58. The maximum Gasteiger partial charge on any atom is 0.155 e. The number of hydrogen-bond donors (Lipinski definition) is 1. The molecule has 6 aromatic rings. The van der Waals surface area contributed by atoms with Crippen LogP contribution in [-0.4, -0.2) is 14.5 Å². The van der Waals surface area contributed by atoms with Crippen molar-refractivity contribution >= 4 is 34.2 Å². The number of fused-ring (bicyclic) bond motifs is 1. The quantitative estimate of drug-likeness (QED) is 0.261. The summed E-state index contributed by atoms with van der Waals surface area (Å²) in [4.78, 5) is 8.45. The Labute approximate surface area is 213 Å². The van der Waals surface area contributed by atoms with Gasteiger partial charge in [0.15, 0.2) is 5.82 Å². The van der Waals surface area contributed by atoms with E-state index >= 15 is 0 Å². The normalized spacial score (nSPS) is 11.3. The van der Waals surface area contributed by atoms with Crippen LogP contribution in [0.15, 0.2) is 103 Å². The zero-order chi connectivity index (χ0) is 23.9. The van der Waals surface area contributed by atoms with E-state index in [9.17, 15) is 0 Å². The Morgan fingerprint density at radius 1 is 0.714 bits per heavy atom. The van der Waals surface area contributed by atoms with Gasteiger partial charge in [-0.25, -0.2) is 4.98 Å². The van der Waals surface area contributed by atoms with E-state index in [0.717, 1.165) is 50.6 Å². The van der Waals surface area contributed by atoms with Gasteiger partial charge in [-0.15, -0.1) is 0 Å². The predicted molar refractivity (Wildman–Crippen MR) is 146 cm³/mol. The minimum atomic E-state index is 0.687. The Morgan fingerprint density at radius 2 is 1.49 bits per heavy atom. The third-order valence-electron chi connectivity index (χ3n) is 6.18. The summed E-state index contributed by atoms with van der Waals surface area (Å²) in [6.07, 6.45) is 0. The van der Waals surface area contributed by atoms with E-state index in [2.05, 4.69) is 52.9 Å². The lowest BCUT2D eigenvalue weighted by atomic mass is 10.0. The summed E-state index contributed by atoms with van der Waals surface area (Å²) in [7, 11) is 0. The van der Waals surface area contributed by atoms with E-state index in [1.807, 2.05) is 66.7 Å². The average Bonchev–Trinajstić information content (AvgIpc) is 3.47. The molecule has 0 atom stereocenters. The van der Waals surface area contributed by atoms with Crippen molar-refractivity contribution in [2.75, 3.05) is 0 Å². The Hall–Kier alpha value is -3.79. The molecule has 0 fully saturated rings. The molecule has 1 N–H and O–H groups in total.